The smallest absolute Gasteiger partial charge is 0.335 e. The Kier molecular flexibility index (Phi) is 3.34. The Hall–Kier alpha value is -3.15. The van der Waals surface area contributed by atoms with Gasteiger partial charge in [0.25, 0.3) is 5.91 Å². The summed E-state index contributed by atoms with van der Waals surface area (Å²) < 4.78 is 13.7. The molecule has 0 saturated carbocycles. The number of aromatic carboxylic acids is 1. The maximum Gasteiger partial charge on any atom is 0.335 e. The quantitative estimate of drug-likeness (QED) is 0.694. The van der Waals surface area contributed by atoms with Gasteiger partial charge in [-0.15, -0.1) is 0 Å². The molecule has 0 aliphatic rings. The zero-order valence-electron chi connectivity index (χ0n) is 11.3. The van der Waals surface area contributed by atoms with Crippen molar-refractivity contribution in [2.75, 3.05) is 5.32 Å². The molecule has 3 rings (SSSR count). The van der Waals surface area contributed by atoms with E-state index in [9.17, 15) is 14.0 Å². The predicted molar refractivity (Wildman–Crippen MR) is 79.6 cm³/mol. The summed E-state index contributed by atoms with van der Waals surface area (Å²) in [6.07, 6.45) is 1.70. The number of carboxylic acid groups (broad SMARTS) is 1. The minimum Gasteiger partial charge on any atom is -0.478 e. The largest absolute Gasteiger partial charge is 0.478 e. The van der Waals surface area contributed by atoms with Gasteiger partial charge in [-0.3, -0.25) is 4.79 Å². The molecule has 0 saturated heterocycles. The molecule has 5 nitrogen and oxygen atoms in total. The van der Waals surface area contributed by atoms with E-state index in [1.165, 1.54) is 0 Å². The average Bonchev–Trinajstić information content (AvgIpc) is 2.97. The van der Waals surface area contributed by atoms with Crippen molar-refractivity contribution in [1.29, 1.82) is 0 Å². The minimum atomic E-state index is -1.19. The summed E-state index contributed by atoms with van der Waals surface area (Å²) >= 11 is 0. The van der Waals surface area contributed by atoms with Crippen LogP contribution in [0.15, 0.2) is 48.7 Å². The van der Waals surface area contributed by atoms with Crippen LogP contribution < -0.4 is 5.32 Å². The Balaban J connectivity index is 1.96. The fraction of sp³-hybridized carbons (Fsp3) is 0. The number of hydrogen-bond acceptors (Lipinski definition) is 2. The van der Waals surface area contributed by atoms with Gasteiger partial charge in [0.05, 0.1) is 22.3 Å². The Morgan fingerprint density at radius 2 is 1.95 bits per heavy atom. The summed E-state index contributed by atoms with van der Waals surface area (Å²) in [6.45, 7) is 0. The third-order valence-electron chi connectivity index (χ3n) is 3.29. The van der Waals surface area contributed by atoms with Crippen LogP contribution in [0.2, 0.25) is 0 Å². The number of aromatic nitrogens is 1. The number of halogens is 1. The molecule has 0 spiro atoms. The molecule has 3 aromatic rings. The number of hydrogen-bond donors (Lipinski definition) is 3. The molecule has 0 unspecified atom stereocenters. The summed E-state index contributed by atoms with van der Waals surface area (Å²) in [4.78, 5) is 26.2. The highest BCUT2D eigenvalue weighted by Crippen LogP contribution is 2.21. The molecule has 0 aliphatic carbocycles. The summed E-state index contributed by atoms with van der Waals surface area (Å²) in [6, 6.07) is 10.2. The predicted octanol–water partition coefficient (Wildman–Crippen LogP) is 3.26. The second-order valence-electron chi connectivity index (χ2n) is 4.70. The molecule has 0 aliphatic heterocycles. The van der Waals surface area contributed by atoms with Crippen molar-refractivity contribution >= 4 is 28.5 Å². The fourth-order valence-electron chi connectivity index (χ4n) is 2.22. The van der Waals surface area contributed by atoms with Gasteiger partial charge < -0.3 is 15.4 Å². The van der Waals surface area contributed by atoms with E-state index >= 15 is 0 Å². The normalized spacial score (nSPS) is 10.6. The van der Waals surface area contributed by atoms with Gasteiger partial charge in [-0.1, -0.05) is 12.1 Å². The van der Waals surface area contributed by atoms with Gasteiger partial charge in [0.2, 0.25) is 0 Å². The van der Waals surface area contributed by atoms with Crippen LogP contribution in [0.25, 0.3) is 10.9 Å². The van der Waals surface area contributed by atoms with Crippen molar-refractivity contribution in [1.82, 2.24) is 4.98 Å². The zero-order chi connectivity index (χ0) is 15.7. The first-order valence-electron chi connectivity index (χ1n) is 6.46. The summed E-state index contributed by atoms with van der Waals surface area (Å²) in [5.74, 6) is -2.41. The standard InChI is InChI=1S/C16H11FN2O3/c17-12-5-4-10(16(21)22)8-13(12)19-15(20)11-3-1-2-9-6-7-18-14(9)11/h1-8,18H,(H,19,20)(H,21,22). The minimum absolute atomic E-state index is 0.102. The molecular weight excluding hydrogens is 287 g/mol. The van der Waals surface area contributed by atoms with Crippen LogP contribution in [0.4, 0.5) is 10.1 Å². The summed E-state index contributed by atoms with van der Waals surface area (Å²) in [5, 5.41) is 12.2. The van der Waals surface area contributed by atoms with Crippen molar-refractivity contribution < 1.29 is 19.1 Å². The third kappa shape index (κ3) is 2.42. The van der Waals surface area contributed by atoms with E-state index in [2.05, 4.69) is 10.3 Å². The molecule has 0 bridgehead atoms. The number of nitrogens with one attached hydrogen (secondary N) is 2. The highest BCUT2D eigenvalue weighted by molar-refractivity contribution is 6.12. The highest BCUT2D eigenvalue weighted by atomic mass is 19.1. The molecule has 0 atom stereocenters. The molecule has 1 heterocycles. The number of carboxylic acids is 1. The number of rotatable bonds is 3. The van der Waals surface area contributed by atoms with Gasteiger partial charge in [-0.2, -0.15) is 0 Å². The molecule has 6 heteroatoms. The average molecular weight is 298 g/mol. The van der Waals surface area contributed by atoms with Crippen LogP contribution in [0, 0.1) is 5.82 Å². The molecule has 3 N–H and O–H groups in total. The van der Waals surface area contributed by atoms with Gasteiger partial charge >= 0.3 is 5.97 Å². The molecule has 1 amide bonds. The van der Waals surface area contributed by atoms with E-state index in [-0.39, 0.29) is 11.3 Å². The number of anilines is 1. The van der Waals surface area contributed by atoms with Crippen molar-refractivity contribution in [2.45, 2.75) is 0 Å². The monoisotopic (exact) mass is 298 g/mol. The number of para-hydroxylation sites is 1. The van der Waals surface area contributed by atoms with E-state index in [0.717, 1.165) is 23.6 Å². The second-order valence-corrected chi connectivity index (χ2v) is 4.70. The van der Waals surface area contributed by atoms with E-state index in [1.807, 2.05) is 12.1 Å². The number of carbonyl (C=O) groups excluding carboxylic acids is 1. The molecule has 1 aromatic heterocycles. The van der Waals surface area contributed by atoms with Crippen molar-refractivity contribution in [3.8, 4) is 0 Å². The van der Waals surface area contributed by atoms with E-state index in [4.69, 9.17) is 5.11 Å². The lowest BCUT2D eigenvalue weighted by atomic mass is 10.1. The Morgan fingerprint density at radius 1 is 1.14 bits per heavy atom. The number of fused-ring (bicyclic) bond motifs is 1. The SMILES string of the molecule is O=C(O)c1ccc(F)c(NC(=O)c2cccc3cc[nH]c23)c1. The van der Waals surface area contributed by atoms with Gasteiger partial charge in [0, 0.05) is 11.6 Å². The summed E-state index contributed by atoms with van der Waals surface area (Å²) in [7, 11) is 0. The maximum absolute atomic E-state index is 13.7. The van der Waals surface area contributed by atoms with Gasteiger partial charge in [0.1, 0.15) is 5.82 Å². The van der Waals surface area contributed by atoms with Crippen LogP contribution in [0.3, 0.4) is 0 Å². The molecule has 0 radical (unpaired) electrons. The van der Waals surface area contributed by atoms with Gasteiger partial charge in [-0.25, -0.2) is 9.18 Å². The number of H-pyrrole nitrogens is 1. The first-order valence-corrected chi connectivity index (χ1v) is 6.46. The van der Waals surface area contributed by atoms with Gasteiger partial charge in [0.15, 0.2) is 0 Å². The maximum atomic E-state index is 13.7. The number of benzene rings is 2. The lowest BCUT2D eigenvalue weighted by molar-refractivity contribution is 0.0696. The molecule has 0 fully saturated rings. The van der Waals surface area contributed by atoms with Gasteiger partial charge in [-0.05, 0) is 30.3 Å². The molecule has 22 heavy (non-hydrogen) atoms. The number of aromatic amines is 1. The Bertz CT molecular complexity index is 886. The first kappa shape index (κ1) is 13.8. The lowest BCUT2D eigenvalue weighted by Crippen LogP contribution is -2.14. The number of carbonyl (C=O) groups is 2. The van der Waals surface area contributed by atoms with Crippen LogP contribution in [0.5, 0.6) is 0 Å². The summed E-state index contributed by atoms with van der Waals surface area (Å²) in [5.41, 5.74) is 0.709. The van der Waals surface area contributed by atoms with Crippen molar-refractivity contribution in [3.05, 3.63) is 65.6 Å². The topological polar surface area (TPSA) is 82.2 Å². The number of amides is 1. The van der Waals surface area contributed by atoms with E-state index < -0.39 is 17.7 Å². The molecular formula is C16H11FN2O3. The van der Waals surface area contributed by atoms with Crippen LogP contribution in [-0.2, 0) is 0 Å². The van der Waals surface area contributed by atoms with Crippen LogP contribution >= 0.6 is 0 Å². The van der Waals surface area contributed by atoms with Crippen LogP contribution in [-0.4, -0.2) is 22.0 Å². The molecule has 110 valence electrons. The highest BCUT2D eigenvalue weighted by Gasteiger charge is 2.14. The van der Waals surface area contributed by atoms with Crippen molar-refractivity contribution in [2.24, 2.45) is 0 Å². The third-order valence-corrected chi connectivity index (χ3v) is 3.29. The van der Waals surface area contributed by atoms with Crippen molar-refractivity contribution in [3.63, 3.8) is 0 Å². The Labute approximate surface area is 124 Å². The second kappa shape index (κ2) is 5.33. The zero-order valence-corrected chi connectivity index (χ0v) is 11.3. The van der Waals surface area contributed by atoms with E-state index in [0.29, 0.717) is 11.1 Å². The first-order chi connectivity index (χ1) is 10.6. The fourth-order valence-corrected chi connectivity index (χ4v) is 2.22. The Morgan fingerprint density at radius 3 is 2.73 bits per heavy atom. The van der Waals surface area contributed by atoms with E-state index in [1.54, 1.807) is 18.3 Å². The van der Waals surface area contributed by atoms with Crippen LogP contribution in [0.1, 0.15) is 20.7 Å². The lowest BCUT2D eigenvalue weighted by Gasteiger charge is -2.08. The molecule has 2 aromatic carbocycles.